The zero-order valence-electron chi connectivity index (χ0n) is 8.31. The highest BCUT2D eigenvalue weighted by Gasteiger charge is 2.02. The number of hydrogen-bond donors (Lipinski definition) is 1. The molecule has 0 aromatic carbocycles. The van der Waals surface area contributed by atoms with E-state index in [9.17, 15) is 0 Å². The van der Waals surface area contributed by atoms with Crippen LogP contribution in [0.5, 0.6) is 0 Å². The first kappa shape index (κ1) is 12.6. The molecule has 0 spiro atoms. The number of nitrogens with zero attached hydrogens (tertiary/aromatic N) is 2. The number of anilines is 1. The van der Waals surface area contributed by atoms with Crippen molar-refractivity contribution in [2.24, 2.45) is 0 Å². The fourth-order valence-electron chi connectivity index (χ4n) is 1.03. The third-order valence-electron chi connectivity index (χ3n) is 1.59. The third-order valence-corrected chi connectivity index (χ3v) is 2.56. The molecule has 82 valence electrons. The first-order chi connectivity index (χ1) is 6.99. The summed E-state index contributed by atoms with van der Waals surface area (Å²) in [5, 5.41) is 3.26. The summed E-state index contributed by atoms with van der Waals surface area (Å²) in [4.78, 5) is 8.35. The van der Waals surface area contributed by atoms with Gasteiger partial charge in [0.15, 0.2) is 0 Å². The molecule has 0 amide bonds. The molecule has 0 radical (unpaired) electrons. The molecular weight excluding hydrogens is 256 g/mol. The molecule has 3 nitrogen and oxygen atoms in total. The summed E-state index contributed by atoms with van der Waals surface area (Å²) < 4.78 is 0.0496. The molecule has 0 atom stereocenters. The first-order valence-electron chi connectivity index (χ1n) is 4.25. The molecule has 1 aromatic rings. The fraction of sp³-hybridized carbons (Fsp3) is 0.333. The van der Waals surface area contributed by atoms with Crippen molar-refractivity contribution >= 4 is 40.8 Å². The van der Waals surface area contributed by atoms with Crippen molar-refractivity contribution in [2.75, 3.05) is 11.9 Å². The zero-order chi connectivity index (χ0) is 11.4. The predicted octanol–water partition coefficient (Wildman–Crippen LogP) is 3.39. The van der Waals surface area contributed by atoms with E-state index < -0.39 is 0 Å². The van der Waals surface area contributed by atoms with Gasteiger partial charge in [0, 0.05) is 11.4 Å². The third kappa shape index (κ3) is 4.24. The molecule has 1 rings (SSSR count). The maximum absolute atomic E-state index is 5.74. The van der Waals surface area contributed by atoms with Gasteiger partial charge in [0.1, 0.15) is 4.49 Å². The van der Waals surface area contributed by atoms with Gasteiger partial charge in [-0.15, -0.1) is 0 Å². The molecule has 0 unspecified atom stereocenters. The molecule has 1 heterocycles. The number of aryl methyl sites for hydroxylation is 2. The lowest BCUT2D eigenvalue weighted by Gasteiger charge is -2.05. The number of halogens is 3. The lowest BCUT2D eigenvalue weighted by atomic mass is 10.4. The molecule has 1 N–H and O–H groups in total. The lowest BCUT2D eigenvalue weighted by molar-refractivity contribution is 1.03. The Bertz CT molecular complexity index is 366. The van der Waals surface area contributed by atoms with Crippen LogP contribution in [0, 0.1) is 13.8 Å². The predicted molar refractivity (Wildman–Crippen MR) is 64.6 cm³/mol. The van der Waals surface area contributed by atoms with E-state index in [1.54, 1.807) is 0 Å². The number of hydrogen-bond acceptors (Lipinski definition) is 3. The normalized spacial score (nSPS) is 9.93. The Morgan fingerprint density at radius 3 is 2.20 bits per heavy atom. The van der Waals surface area contributed by atoms with Gasteiger partial charge in [-0.25, -0.2) is 9.97 Å². The quantitative estimate of drug-likeness (QED) is 0.911. The van der Waals surface area contributed by atoms with Crippen molar-refractivity contribution in [1.29, 1.82) is 0 Å². The van der Waals surface area contributed by atoms with Gasteiger partial charge >= 0.3 is 0 Å². The lowest BCUT2D eigenvalue weighted by Crippen LogP contribution is -2.07. The Hall–Kier alpha value is -0.510. The van der Waals surface area contributed by atoms with Gasteiger partial charge in [0.2, 0.25) is 5.95 Å². The Morgan fingerprint density at radius 1 is 1.20 bits per heavy atom. The summed E-state index contributed by atoms with van der Waals surface area (Å²) in [6.45, 7) is 4.10. The van der Waals surface area contributed by atoms with Gasteiger partial charge in [-0.2, -0.15) is 0 Å². The van der Waals surface area contributed by atoms with Crippen LogP contribution in [0.1, 0.15) is 11.4 Å². The van der Waals surface area contributed by atoms with E-state index in [0.29, 0.717) is 17.5 Å². The van der Waals surface area contributed by atoms with Crippen molar-refractivity contribution in [2.45, 2.75) is 13.8 Å². The van der Waals surface area contributed by atoms with E-state index in [4.69, 9.17) is 34.8 Å². The minimum absolute atomic E-state index is 0.0496. The number of aromatic nitrogens is 2. The van der Waals surface area contributed by atoms with E-state index in [0.717, 1.165) is 11.4 Å². The Morgan fingerprint density at radius 2 is 1.73 bits per heavy atom. The minimum atomic E-state index is 0.0496. The summed E-state index contributed by atoms with van der Waals surface area (Å²) in [6.07, 6.45) is 0. The summed E-state index contributed by atoms with van der Waals surface area (Å²) >= 11 is 16.7. The van der Waals surface area contributed by atoms with Crippen LogP contribution in [0.25, 0.3) is 0 Å². The molecule has 0 fully saturated rings. The second-order valence-corrected chi connectivity index (χ2v) is 4.40. The highest BCUT2D eigenvalue weighted by molar-refractivity contribution is 6.59. The first-order valence-corrected chi connectivity index (χ1v) is 5.38. The molecule has 0 saturated carbocycles. The van der Waals surface area contributed by atoms with Crippen LogP contribution >= 0.6 is 34.8 Å². The van der Waals surface area contributed by atoms with Crippen LogP contribution < -0.4 is 5.32 Å². The molecule has 0 bridgehead atoms. The van der Waals surface area contributed by atoms with Gasteiger partial charge < -0.3 is 5.32 Å². The van der Waals surface area contributed by atoms with Crippen molar-refractivity contribution in [1.82, 2.24) is 9.97 Å². The van der Waals surface area contributed by atoms with Gasteiger partial charge in [-0.05, 0) is 19.9 Å². The standard InChI is InChI=1S/C9H10Cl3N3/c1-5-3-6(2)15-9(14-5)13-4-7(10)8(11)12/h3H,4H2,1-2H3,(H,13,14,15). The van der Waals surface area contributed by atoms with E-state index in [1.165, 1.54) is 0 Å². The van der Waals surface area contributed by atoms with Crippen LogP contribution in [0.15, 0.2) is 15.6 Å². The Balaban J connectivity index is 2.70. The van der Waals surface area contributed by atoms with Crippen LogP contribution in [0.2, 0.25) is 0 Å². The second kappa shape index (κ2) is 5.54. The summed E-state index contributed by atoms with van der Waals surface area (Å²) in [5.41, 5.74) is 1.78. The SMILES string of the molecule is Cc1cc(C)nc(NCC(Cl)=C(Cl)Cl)n1. The van der Waals surface area contributed by atoms with Crippen LogP contribution in [0.3, 0.4) is 0 Å². The summed E-state index contributed by atoms with van der Waals surface area (Å²) in [6, 6.07) is 1.89. The summed E-state index contributed by atoms with van der Waals surface area (Å²) in [7, 11) is 0. The largest absolute Gasteiger partial charge is 0.349 e. The molecule has 0 aliphatic rings. The monoisotopic (exact) mass is 265 g/mol. The van der Waals surface area contributed by atoms with Crippen LogP contribution in [0.4, 0.5) is 5.95 Å². The topological polar surface area (TPSA) is 37.8 Å². The average molecular weight is 267 g/mol. The zero-order valence-corrected chi connectivity index (χ0v) is 10.6. The Kier molecular flexibility index (Phi) is 4.64. The molecule has 15 heavy (non-hydrogen) atoms. The molecule has 0 aliphatic heterocycles. The Labute approximate surface area is 103 Å². The van der Waals surface area contributed by atoms with Crippen molar-refractivity contribution in [3.05, 3.63) is 27.0 Å². The minimum Gasteiger partial charge on any atom is -0.349 e. The van der Waals surface area contributed by atoms with E-state index in [2.05, 4.69) is 15.3 Å². The molecule has 0 aliphatic carbocycles. The van der Waals surface area contributed by atoms with E-state index in [1.807, 2.05) is 19.9 Å². The van der Waals surface area contributed by atoms with Crippen LogP contribution in [-0.2, 0) is 0 Å². The molecule has 6 heteroatoms. The highest BCUT2D eigenvalue weighted by Crippen LogP contribution is 2.17. The van der Waals surface area contributed by atoms with Gasteiger partial charge in [0.25, 0.3) is 0 Å². The highest BCUT2D eigenvalue weighted by atomic mass is 35.5. The van der Waals surface area contributed by atoms with Gasteiger partial charge in [-0.3, -0.25) is 0 Å². The average Bonchev–Trinajstić information content (AvgIpc) is 2.12. The molecule has 0 saturated heterocycles. The van der Waals surface area contributed by atoms with Gasteiger partial charge in [0.05, 0.1) is 11.6 Å². The van der Waals surface area contributed by atoms with Crippen LogP contribution in [-0.4, -0.2) is 16.5 Å². The van der Waals surface area contributed by atoms with Crippen molar-refractivity contribution in [3.8, 4) is 0 Å². The molecule has 1 aromatic heterocycles. The molecular formula is C9H10Cl3N3. The van der Waals surface area contributed by atoms with E-state index in [-0.39, 0.29) is 4.49 Å². The second-order valence-electron chi connectivity index (χ2n) is 2.99. The fourth-order valence-corrected chi connectivity index (χ4v) is 1.23. The smallest absolute Gasteiger partial charge is 0.223 e. The summed E-state index contributed by atoms with van der Waals surface area (Å²) in [5.74, 6) is 0.514. The van der Waals surface area contributed by atoms with Crippen molar-refractivity contribution < 1.29 is 0 Å². The number of rotatable bonds is 3. The van der Waals surface area contributed by atoms with Gasteiger partial charge in [-0.1, -0.05) is 34.8 Å². The maximum Gasteiger partial charge on any atom is 0.223 e. The number of nitrogens with one attached hydrogen (secondary N) is 1. The van der Waals surface area contributed by atoms with Crippen molar-refractivity contribution in [3.63, 3.8) is 0 Å². The van der Waals surface area contributed by atoms with E-state index >= 15 is 0 Å². The maximum atomic E-state index is 5.74.